The van der Waals surface area contributed by atoms with Gasteiger partial charge in [-0.15, -0.1) is 0 Å². The molecule has 6 N–H and O–H groups in total. The SMILES string of the molecule is CN/N=C\C(=N)c1ccc(F)cc1C(C)Oc1cc(-c2c(C)cnn2CCN2CCN(CC3CCN(c4ccc(NC(C)CCC(=O)NC=O)cc4)CC3)CC2)cnc1N. The Labute approximate surface area is 352 Å². The molecule has 2 aliphatic heterocycles. The summed E-state index contributed by atoms with van der Waals surface area (Å²) >= 11 is 0. The summed E-state index contributed by atoms with van der Waals surface area (Å²) in [6, 6.07) is 14.8. The minimum Gasteiger partial charge on any atom is -0.482 e. The molecule has 2 atom stereocenters. The van der Waals surface area contributed by atoms with Crippen LogP contribution in [0.15, 0.2) is 66.0 Å². The first-order valence-electron chi connectivity index (χ1n) is 20.8. The number of piperazine rings is 1. The van der Waals surface area contributed by atoms with E-state index in [1.165, 1.54) is 36.9 Å². The van der Waals surface area contributed by atoms with Crippen LogP contribution < -0.4 is 31.4 Å². The second kappa shape index (κ2) is 20.9. The van der Waals surface area contributed by atoms with E-state index in [0.29, 0.717) is 42.0 Å². The van der Waals surface area contributed by atoms with Crippen LogP contribution in [0.4, 0.5) is 21.6 Å². The van der Waals surface area contributed by atoms with Crippen LogP contribution in [-0.4, -0.2) is 114 Å². The lowest BCUT2D eigenvalue weighted by atomic mass is 9.95. The van der Waals surface area contributed by atoms with Gasteiger partial charge in [0.05, 0.1) is 30.4 Å². The fraction of sp³-hybridized carbons (Fsp3) is 0.455. The Bertz CT molecular complexity index is 2090. The standard InChI is InChI=1S/C44H59FN12O3/c1-30-25-52-57(43(30)34-23-41(44(47)49-26-34)60-32(3)39-24-35(45)6-11-38(39)40(46)27-51-48-4)22-21-54-17-19-55(20-18-54)28-33-13-15-56(16-14-33)37-9-7-36(8-10-37)53-31(2)5-12-42(59)50-29-58/h6-11,23-27,29,31-33,46,48,53H,5,12-22,28H2,1-4H3,(H2,47,49)(H,50,58,59)/b46-40?,51-27-. The van der Waals surface area contributed by atoms with Crippen molar-refractivity contribution in [2.24, 2.45) is 11.0 Å². The fourth-order valence-electron chi connectivity index (χ4n) is 8.05. The zero-order chi connectivity index (χ0) is 42.6. The lowest BCUT2D eigenvalue weighted by Crippen LogP contribution is -2.49. The second-order valence-electron chi connectivity index (χ2n) is 15.8. The molecule has 2 fully saturated rings. The molecule has 2 amide bonds. The van der Waals surface area contributed by atoms with Gasteiger partial charge < -0.3 is 31.0 Å². The maximum Gasteiger partial charge on any atom is 0.226 e. The number of aromatic nitrogens is 3. The van der Waals surface area contributed by atoms with E-state index in [-0.39, 0.29) is 23.5 Å². The number of carbonyl (C=O) groups is 2. The van der Waals surface area contributed by atoms with Gasteiger partial charge in [0.1, 0.15) is 11.9 Å². The average molecular weight is 823 g/mol. The van der Waals surface area contributed by atoms with Crippen molar-refractivity contribution in [1.29, 1.82) is 5.41 Å². The molecular formula is C44H59FN12O3. The number of nitrogens with two attached hydrogens (primary N) is 1. The summed E-state index contributed by atoms with van der Waals surface area (Å²) in [5.74, 6) is 0.582. The summed E-state index contributed by atoms with van der Waals surface area (Å²) in [5.41, 5.74) is 15.1. The zero-order valence-corrected chi connectivity index (χ0v) is 35.2. The molecule has 2 aliphatic rings. The molecule has 2 saturated heterocycles. The second-order valence-corrected chi connectivity index (χ2v) is 15.8. The summed E-state index contributed by atoms with van der Waals surface area (Å²) in [4.78, 5) is 34.1. The number of rotatable bonds is 19. The number of ether oxygens (including phenoxy) is 1. The van der Waals surface area contributed by atoms with E-state index in [2.05, 4.69) is 65.1 Å². The number of nitrogens with zero attached hydrogens (tertiary/aromatic N) is 7. The molecule has 60 heavy (non-hydrogen) atoms. The van der Waals surface area contributed by atoms with Crippen molar-refractivity contribution in [3.05, 3.63) is 83.4 Å². The van der Waals surface area contributed by atoms with Gasteiger partial charge in [0.25, 0.3) is 0 Å². The molecule has 320 valence electrons. The number of benzene rings is 2. The Morgan fingerprint density at radius 2 is 1.77 bits per heavy atom. The first-order valence-corrected chi connectivity index (χ1v) is 20.8. The molecule has 0 radical (unpaired) electrons. The minimum absolute atomic E-state index is 0.114. The smallest absolute Gasteiger partial charge is 0.226 e. The number of hydrogen-bond acceptors (Lipinski definition) is 13. The maximum atomic E-state index is 14.4. The molecule has 6 rings (SSSR count). The van der Waals surface area contributed by atoms with E-state index in [4.69, 9.17) is 21.0 Å². The van der Waals surface area contributed by atoms with E-state index < -0.39 is 11.9 Å². The number of carbonyl (C=O) groups excluding carboxylic acids is 2. The summed E-state index contributed by atoms with van der Waals surface area (Å²) in [7, 11) is 1.64. The number of aryl methyl sites for hydroxylation is 1. The van der Waals surface area contributed by atoms with Gasteiger partial charge in [-0.05, 0) is 100 Å². The van der Waals surface area contributed by atoms with Gasteiger partial charge in [0, 0.05) is 106 Å². The van der Waals surface area contributed by atoms with Crippen LogP contribution in [0.25, 0.3) is 11.3 Å². The lowest BCUT2D eigenvalue weighted by Gasteiger charge is -2.39. The number of imide groups is 1. The normalized spacial score (nSPS) is 16.4. The van der Waals surface area contributed by atoms with Crippen LogP contribution in [0.3, 0.4) is 0 Å². The van der Waals surface area contributed by atoms with Crippen LogP contribution in [0.5, 0.6) is 5.75 Å². The molecule has 0 bridgehead atoms. The molecule has 15 nitrogen and oxygen atoms in total. The predicted octanol–water partition coefficient (Wildman–Crippen LogP) is 5.08. The molecule has 4 heterocycles. The Kier molecular flexibility index (Phi) is 15.2. The minimum atomic E-state index is -0.635. The number of hydrazone groups is 1. The number of amides is 2. The highest BCUT2D eigenvalue weighted by molar-refractivity contribution is 6.37. The van der Waals surface area contributed by atoms with Gasteiger partial charge in [-0.2, -0.15) is 10.2 Å². The van der Waals surface area contributed by atoms with Crippen LogP contribution in [-0.2, 0) is 16.1 Å². The number of nitrogen functional groups attached to an aromatic ring is 1. The molecule has 0 aliphatic carbocycles. The molecule has 16 heteroatoms. The summed E-state index contributed by atoms with van der Waals surface area (Å²) in [5, 5.41) is 22.7. The number of piperidine rings is 1. The van der Waals surface area contributed by atoms with Gasteiger partial charge in [0.2, 0.25) is 12.3 Å². The average Bonchev–Trinajstić information content (AvgIpc) is 3.62. The highest BCUT2D eigenvalue weighted by Crippen LogP contribution is 2.33. The van der Waals surface area contributed by atoms with Crippen LogP contribution in [0.2, 0.25) is 0 Å². The van der Waals surface area contributed by atoms with Crippen molar-refractivity contribution in [3.8, 4) is 17.0 Å². The van der Waals surface area contributed by atoms with Gasteiger partial charge in [-0.3, -0.25) is 29.9 Å². The van der Waals surface area contributed by atoms with Gasteiger partial charge >= 0.3 is 0 Å². The quantitative estimate of drug-likeness (QED) is 0.0484. The Morgan fingerprint density at radius 1 is 1.03 bits per heavy atom. The largest absolute Gasteiger partial charge is 0.482 e. The summed E-state index contributed by atoms with van der Waals surface area (Å²) in [6.07, 6.45) is 8.07. The van der Waals surface area contributed by atoms with Gasteiger partial charge in [-0.1, -0.05) is 0 Å². The highest BCUT2D eigenvalue weighted by atomic mass is 19.1. The maximum absolute atomic E-state index is 14.4. The van der Waals surface area contributed by atoms with Crippen molar-refractivity contribution < 1.29 is 18.7 Å². The van der Waals surface area contributed by atoms with E-state index in [1.54, 1.807) is 26.2 Å². The van der Waals surface area contributed by atoms with Crippen LogP contribution in [0, 0.1) is 24.1 Å². The van der Waals surface area contributed by atoms with E-state index in [1.807, 2.05) is 30.8 Å². The third-order valence-electron chi connectivity index (χ3n) is 11.4. The van der Waals surface area contributed by atoms with Crippen LogP contribution >= 0.6 is 0 Å². The number of pyridine rings is 1. The Morgan fingerprint density at radius 3 is 2.48 bits per heavy atom. The third-order valence-corrected chi connectivity index (χ3v) is 11.4. The molecule has 4 aromatic rings. The molecule has 0 saturated carbocycles. The number of halogens is 1. The Balaban J connectivity index is 0.959. The van der Waals surface area contributed by atoms with Gasteiger partial charge in [-0.25, -0.2) is 9.37 Å². The Hall–Kier alpha value is -5.87. The molecular weight excluding hydrogens is 764 g/mol. The third kappa shape index (κ3) is 11.7. The highest BCUT2D eigenvalue weighted by Gasteiger charge is 2.25. The molecule has 2 unspecified atom stereocenters. The molecule has 2 aromatic heterocycles. The van der Waals surface area contributed by atoms with Gasteiger partial charge in [0.15, 0.2) is 11.6 Å². The predicted molar refractivity (Wildman–Crippen MR) is 235 cm³/mol. The number of nitrogens with one attached hydrogen (secondary N) is 4. The van der Waals surface area contributed by atoms with Crippen molar-refractivity contribution in [2.45, 2.75) is 65.1 Å². The summed E-state index contributed by atoms with van der Waals surface area (Å²) in [6.45, 7) is 14.8. The van der Waals surface area contributed by atoms with Crippen molar-refractivity contribution in [3.63, 3.8) is 0 Å². The lowest BCUT2D eigenvalue weighted by molar-refractivity contribution is -0.125. The molecule has 0 spiro atoms. The fourth-order valence-corrected chi connectivity index (χ4v) is 8.05. The number of hydrogen-bond donors (Lipinski definition) is 5. The number of anilines is 3. The van der Waals surface area contributed by atoms with E-state index in [9.17, 15) is 14.0 Å². The zero-order valence-electron chi connectivity index (χ0n) is 35.2. The van der Waals surface area contributed by atoms with E-state index in [0.717, 1.165) is 81.4 Å². The van der Waals surface area contributed by atoms with E-state index >= 15 is 0 Å². The molecule has 2 aromatic carbocycles. The first kappa shape index (κ1) is 43.7. The topological polar surface area (TPSA) is 182 Å². The van der Waals surface area contributed by atoms with Crippen molar-refractivity contribution >= 4 is 41.4 Å². The van der Waals surface area contributed by atoms with Crippen LogP contribution in [0.1, 0.15) is 62.3 Å². The monoisotopic (exact) mass is 822 g/mol. The van der Waals surface area contributed by atoms with Crippen molar-refractivity contribution in [1.82, 2.24) is 35.3 Å². The van der Waals surface area contributed by atoms with Crippen molar-refractivity contribution in [2.75, 3.05) is 75.4 Å². The first-order chi connectivity index (χ1) is 29.0. The summed E-state index contributed by atoms with van der Waals surface area (Å²) < 4.78 is 22.7.